The molecule has 2 heterocycles. The number of carbonyl (C=O) groups is 1. The van der Waals surface area contributed by atoms with E-state index in [0.29, 0.717) is 13.0 Å². The third kappa shape index (κ3) is 3.86. The first kappa shape index (κ1) is 18.1. The first-order chi connectivity index (χ1) is 13.6. The third-order valence-corrected chi connectivity index (χ3v) is 4.98. The van der Waals surface area contributed by atoms with Crippen LogP contribution in [0.5, 0.6) is 11.5 Å². The van der Waals surface area contributed by atoms with E-state index >= 15 is 0 Å². The van der Waals surface area contributed by atoms with Crippen molar-refractivity contribution in [2.75, 3.05) is 13.8 Å². The summed E-state index contributed by atoms with van der Waals surface area (Å²) in [5, 5.41) is 4.17. The average molecular weight is 377 g/mol. The molecule has 0 aliphatic carbocycles. The molecule has 144 valence electrons. The van der Waals surface area contributed by atoms with E-state index in [2.05, 4.69) is 17.2 Å². The van der Waals surface area contributed by atoms with Crippen LogP contribution in [0.15, 0.2) is 60.9 Å². The number of rotatable bonds is 6. The fourth-order valence-corrected chi connectivity index (χ4v) is 3.49. The first-order valence-corrected chi connectivity index (χ1v) is 9.26. The minimum atomic E-state index is -0.0560. The van der Waals surface area contributed by atoms with Crippen molar-refractivity contribution in [1.29, 1.82) is 0 Å². The lowest BCUT2D eigenvalue weighted by molar-refractivity contribution is -0.130. The third-order valence-electron chi connectivity index (χ3n) is 4.98. The summed E-state index contributed by atoms with van der Waals surface area (Å²) in [5.74, 6) is 1.50. The number of fused-ring (bicyclic) bond motifs is 1. The van der Waals surface area contributed by atoms with Crippen molar-refractivity contribution < 1.29 is 14.3 Å². The molecule has 6 nitrogen and oxygen atoms in total. The van der Waals surface area contributed by atoms with Gasteiger partial charge in [-0.05, 0) is 23.3 Å². The Labute approximate surface area is 164 Å². The Morgan fingerprint density at radius 3 is 2.68 bits per heavy atom. The molecule has 0 fully saturated rings. The van der Waals surface area contributed by atoms with Gasteiger partial charge in [0, 0.05) is 44.7 Å². The predicted molar refractivity (Wildman–Crippen MR) is 105 cm³/mol. The Bertz CT molecular complexity index is 968. The van der Waals surface area contributed by atoms with Gasteiger partial charge in [-0.15, -0.1) is 0 Å². The van der Waals surface area contributed by atoms with Gasteiger partial charge >= 0.3 is 0 Å². The van der Waals surface area contributed by atoms with E-state index in [0.717, 1.165) is 28.2 Å². The molecule has 0 saturated carbocycles. The van der Waals surface area contributed by atoms with Gasteiger partial charge in [-0.3, -0.25) is 9.48 Å². The van der Waals surface area contributed by atoms with Crippen molar-refractivity contribution >= 4 is 5.91 Å². The smallest absolute Gasteiger partial charge is 0.231 e. The van der Waals surface area contributed by atoms with E-state index in [1.807, 2.05) is 56.7 Å². The second-order valence-corrected chi connectivity index (χ2v) is 7.05. The van der Waals surface area contributed by atoms with Crippen LogP contribution in [0.1, 0.15) is 29.0 Å². The molecule has 0 radical (unpaired) electrons. The van der Waals surface area contributed by atoms with E-state index in [1.165, 1.54) is 0 Å². The normalized spacial score (nSPS) is 13.4. The second-order valence-electron chi connectivity index (χ2n) is 7.05. The molecule has 1 aliphatic rings. The Balaban J connectivity index is 1.56. The van der Waals surface area contributed by atoms with E-state index in [4.69, 9.17) is 9.47 Å². The predicted octanol–water partition coefficient (Wildman–Crippen LogP) is 3.33. The fourth-order valence-electron chi connectivity index (χ4n) is 3.49. The molecule has 1 atom stereocenters. The highest BCUT2D eigenvalue weighted by Gasteiger charge is 2.23. The van der Waals surface area contributed by atoms with E-state index in [-0.39, 0.29) is 18.6 Å². The number of aromatic nitrogens is 2. The number of ether oxygens (including phenoxy) is 2. The maximum Gasteiger partial charge on any atom is 0.231 e. The summed E-state index contributed by atoms with van der Waals surface area (Å²) in [6.45, 7) is 0.775. The van der Waals surface area contributed by atoms with Crippen molar-refractivity contribution in [3.8, 4) is 11.5 Å². The van der Waals surface area contributed by atoms with Crippen LogP contribution in [0, 0.1) is 0 Å². The van der Waals surface area contributed by atoms with Crippen LogP contribution in [-0.4, -0.2) is 34.4 Å². The molecular formula is C22H23N3O3. The Kier molecular flexibility index (Phi) is 5.02. The fraction of sp³-hybridized carbons (Fsp3) is 0.273. The number of benzene rings is 2. The molecule has 1 aliphatic heterocycles. The SMILES string of the molecule is CN(Cc1cnn(C)c1)C(=O)CC(c1ccccc1)c1ccc2c(c1)OCO2. The molecule has 2 aromatic carbocycles. The maximum absolute atomic E-state index is 13.0. The van der Waals surface area contributed by atoms with Crippen molar-refractivity contribution in [3.63, 3.8) is 0 Å². The number of hydrogen-bond donors (Lipinski definition) is 0. The molecule has 1 unspecified atom stereocenters. The molecule has 0 N–H and O–H groups in total. The number of aryl methyl sites for hydroxylation is 1. The van der Waals surface area contributed by atoms with E-state index in [1.54, 1.807) is 15.8 Å². The molecule has 6 heteroatoms. The zero-order chi connectivity index (χ0) is 19.5. The highest BCUT2D eigenvalue weighted by atomic mass is 16.7. The molecule has 3 aromatic rings. The highest BCUT2D eigenvalue weighted by molar-refractivity contribution is 5.77. The van der Waals surface area contributed by atoms with Crippen LogP contribution in [0.25, 0.3) is 0 Å². The summed E-state index contributed by atoms with van der Waals surface area (Å²) in [6, 6.07) is 16.0. The van der Waals surface area contributed by atoms with E-state index < -0.39 is 0 Å². The molecule has 0 spiro atoms. The molecule has 4 rings (SSSR count). The molecular weight excluding hydrogens is 354 g/mol. The lowest BCUT2D eigenvalue weighted by atomic mass is 9.88. The van der Waals surface area contributed by atoms with Crippen molar-refractivity contribution in [1.82, 2.24) is 14.7 Å². The Hall–Kier alpha value is -3.28. The van der Waals surface area contributed by atoms with Gasteiger partial charge in [0.05, 0.1) is 6.20 Å². The molecule has 1 aromatic heterocycles. The first-order valence-electron chi connectivity index (χ1n) is 9.26. The zero-order valence-electron chi connectivity index (χ0n) is 16.0. The topological polar surface area (TPSA) is 56.6 Å². The summed E-state index contributed by atoms with van der Waals surface area (Å²) in [6.07, 6.45) is 4.09. The van der Waals surface area contributed by atoms with Gasteiger partial charge in [-0.2, -0.15) is 5.10 Å². The quantitative estimate of drug-likeness (QED) is 0.661. The van der Waals surface area contributed by atoms with Gasteiger partial charge in [0.25, 0.3) is 0 Å². The van der Waals surface area contributed by atoms with Gasteiger partial charge in [0.1, 0.15) is 0 Å². The number of hydrogen-bond acceptors (Lipinski definition) is 4. The minimum absolute atomic E-state index is 0.0560. The van der Waals surface area contributed by atoms with Crippen molar-refractivity contribution in [3.05, 3.63) is 77.6 Å². The van der Waals surface area contributed by atoms with Crippen molar-refractivity contribution in [2.24, 2.45) is 7.05 Å². The Morgan fingerprint density at radius 1 is 1.14 bits per heavy atom. The largest absolute Gasteiger partial charge is 0.454 e. The van der Waals surface area contributed by atoms with Crippen LogP contribution in [0.4, 0.5) is 0 Å². The van der Waals surface area contributed by atoms with Gasteiger partial charge in [0.2, 0.25) is 12.7 Å². The lowest BCUT2D eigenvalue weighted by Crippen LogP contribution is -2.27. The summed E-state index contributed by atoms with van der Waals surface area (Å²) >= 11 is 0. The van der Waals surface area contributed by atoms with Gasteiger partial charge < -0.3 is 14.4 Å². The van der Waals surface area contributed by atoms with Crippen LogP contribution < -0.4 is 9.47 Å². The van der Waals surface area contributed by atoms with Gasteiger partial charge in [-0.1, -0.05) is 36.4 Å². The molecule has 28 heavy (non-hydrogen) atoms. The minimum Gasteiger partial charge on any atom is -0.454 e. The van der Waals surface area contributed by atoms with Gasteiger partial charge in [0.15, 0.2) is 11.5 Å². The van der Waals surface area contributed by atoms with E-state index in [9.17, 15) is 4.79 Å². The standard InChI is InChI=1S/C22H23N3O3/c1-24(13-16-12-23-25(2)14-16)22(26)11-19(17-6-4-3-5-7-17)18-8-9-20-21(10-18)28-15-27-20/h3-10,12,14,19H,11,13,15H2,1-2H3. The molecule has 0 bridgehead atoms. The average Bonchev–Trinajstić information content (AvgIpc) is 3.34. The lowest BCUT2D eigenvalue weighted by Gasteiger charge is -2.22. The van der Waals surface area contributed by atoms with Crippen LogP contribution in [0.2, 0.25) is 0 Å². The second kappa shape index (κ2) is 7.76. The molecule has 1 amide bonds. The maximum atomic E-state index is 13.0. The van der Waals surface area contributed by atoms with Crippen LogP contribution >= 0.6 is 0 Å². The molecule has 0 saturated heterocycles. The van der Waals surface area contributed by atoms with Gasteiger partial charge in [-0.25, -0.2) is 0 Å². The number of carbonyl (C=O) groups excluding carboxylic acids is 1. The number of nitrogens with zero attached hydrogens (tertiary/aromatic N) is 3. The van der Waals surface area contributed by atoms with Crippen LogP contribution in [0.3, 0.4) is 0 Å². The summed E-state index contributed by atoms with van der Waals surface area (Å²) in [5.41, 5.74) is 3.15. The Morgan fingerprint density at radius 2 is 1.93 bits per heavy atom. The zero-order valence-corrected chi connectivity index (χ0v) is 16.0. The van der Waals surface area contributed by atoms with Crippen molar-refractivity contribution in [2.45, 2.75) is 18.9 Å². The van der Waals surface area contributed by atoms with Crippen LogP contribution in [-0.2, 0) is 18.4 Å². The number of amides is 1. The highest BCUT2D eigenvalue weighted by Crippen LogP contribution is 2.37. The summed E-state index contributed by atoms with van der Waals surface area (Å²) in [7, 11) is 3.70. The summed E-state index contributed by atoms with van der Waals surface area (Å²) < 4.78 is 12.7. The monoisotopic (exact) mass is 377 g/mol. The summed E-state index contributed by atoms with van der Waals surface area (Å²) in [4.78, 5) is 14.7.